The maximum absolute atomic E-state index is 0. The van der Waals surface area contributed by atoms with E-state index < -0.39 is 0 Å². The second-order valence-corrected chi connectivity index (χ2v) is 0. The summed E-state index contributed by atoms with van der Waals surface area (Å²) in [6.07, 6.45) is 0. The first kappa shape index (κ1) is 280. The van der Waals surface area contributed by atoms with Crippen LogP contribution in [-0.4, -0.2) is 0 Å². The van der Waals surface area contributed by atoms with Crippen LogP contribution in [0.4, 0.5) is 0 Å². The zero-order chi connectivity index (χ0) is 0. The Balaban J connectivity index is 0. The first-order valence-electron chi connectivity index (χ1n) is 0. The van der Waals surface area contributed by atoms with Gasteiger partial charge in [0.25, 0.3) is 0 Å². The Bertz CT molecular complexity index is 4.83. The lowest BCUT2D eigenvalue weighted by Crippen LogP contribution is -0.481. The van der Waals surface area contributed by atoms with Crippen molar-refractivity contribution in [3.63, 3.8) is 0 Å². The molecule has 0 radical (unpaired) electrons. The van der Waals surface area contributed by atoms with Crippen molar-refractivity contribution < 1.29 is 0 Å². The van der Waals surface area contributed by atoms with Gasteiger partial charge in [0.2, 0.25) is 0 Å². The Kier molecular flexibility index (Phi) is 5630. The van der Waals surface area contributed by atoms with Crippen molar-refractivity contribution in [2.24, 2.45) is 0 Å². The lowest BCUT2D eigenvalue weighted by Gasteiger charge is -0.344. The first-order valence-corrected chi connectivity index (χ1v) is 0. The highest BCUT2D eigenvalue weighted by Crippen LogP contribution is 0.699. The lowest BCUT2D eigenvalue weighted by molar-refractivity contribution is 2.13. The minimum absolute atomic E-state index is 0. The number of rotatable bonds is 0. The van der Waals surface area contributed by atoms with E-state index in [1.807, 2.05) is 0 Å². The molecule has 0 rings (SSSR count). The molecule has 0 heterocycles. The van der Waals surface area contributed by atoms with Gasteiger partial charge in [-0.2, -0.15) is 0 Å². The van der Waals surface area contributed by atoms with Crippen LogP contribution in [0, 0.1) is 0 Å². The highest BCUT2D eigenvalue weighted by Gasteiger charge is -0.138. The molecule has 0 saturated carbocycles. The molecule has 0 aromatic heterocycles. The van der Waals surface area contributed by atoms with E-state index in [1.54, 1.807) is 0 Å². The number of hydrogen-bond donors (Lipinski definition) is 1. The highest BCUT2D eigenvalue weighted by molar-refractivity contribution is 5.86. The van der Waals surface area contributed by atoms with Crippen molar-refractivity contribution in [2.45, 2.75) is 0 Å². The molecule has 0 aliphatic heterocycles. The molecule has 0 aliphatic rings. The topological polar surface area (TPSA) is 35.0 Å². The van der Waals surface area contributed by atoms with Gasteiger partial charge in [-0.15, -0.1) is 124 Å². The third-order valence-corrected chi connectivity index (χ3v) is 0. The maximum Gasteiger partial charge on any atom is -0.147 e. The smallest absolute Gasteiger partial charge is 0.147 e. The average Bonchev–Trinajstić information content (AvgIpc) is 0. The van der Waals surface area contributed by atoms with Gasteiger partial charge in [-0.1, -0.05) is 0 Å². The molecule has 11 heavy (non-hydrogen) atoms. The zero-order valence-corrected chi connectivity index (χ0v) is 13.0. The van der Waals surface area contributed by atoms with Gasteiger partial charge in [-0.3, -0.25) is 0 Å². The molecule has 0 bridgehead atoms. The molecule has 0 atom stereocenters. The van der Waals surface area contributed by atoms with Gasteiger partial charge in [-0.25, -0.2) is 0 Å². The molecule has 3 N–H and O–H groups in total. The molecule has 0 unspecified atom stereocenters. The molecule has 1 nitrogen and oxygen atoms in total. The van der Waals surface area contributed by atoms with Crippen LogP contribution in [0.5, 0.6) is 0 Å². The average molecular weight is 382 g/mol. The highest BCUT2D eigenvalue weighted by atomic mass is 35.5. The van der Waals surface area contributed by atoms with E-state index in [2.05, 4.69) is 0 Å². The molecular weight excluding hydrogens is 369 g/mol. The molecule has 88 valence electrons. The first-order chi connectivity index (χ1) is 0. The van der Waals surface area contributed by atoms with E-state index in [9.17, 15) is 0 Å². The summed E-state index contributed by atoms with van der Waals surface area (Å²) >= 11 is 0. The Hall–Kier alpha value is 2.86. The molecule has 0 spiro atoms. The summed E-state index contributed by atoms with van der Waals surface area (Å²) in [5.41, 5.74) is 0. The summed E-state index contributed by atoms with van der Waals surface area (Å²) < 4.78 is 0. The normalized spacial score (nSPS) is 0. The van der Waals surface area contributed by atoms with Gasteiger partial charge in [0.1, 0.15) is 0 Å². The zero-order valence-electron chi connectivity index (χ0n) is 4.79. The van der Waals surface area contributed by atoms with E-state index in [4.69, 9.17) is 0 Å². The fourth-order valence-corrected chi connectivity index (χ4v) is 0. The largest absolute Gasteiger partial charge is 0.344 e. The Morgan fingerprint density at radius 3 is 0.182 bits per heavy atom. The van der Waals surface area contributed by atoms with Gasteiger partial charge in [0, 0.05) is 0 Å². The predicted octanol–water partition coefficient (Wildman–Crippen LogP) is 4.38. The summed E-state index contributed by atoms with van der Waals surface area (Å²) in [5.74, 6) is 0. The van der Waals surface area contributed by atoms with Crippen molar-refractivity contribution in [2.75, 3.05) is 0 Å². The predicted molar refractivity (Wildman–Crippen MR) is 77.5 cm³/mol. The number of halogens is 10. The molecule has 11 heteroatoms. The third kappa shape index (κ3) is 185. The van der Waals surface area contributed by atoms with E-state index in [0.29, 0.717) is 0 Å². The van der Waals surface area contributed by atoms with Gasteiger partial charge >= 0.3 is 0 Å². The maximum atomic E-state index is 0. The van der Waals surface area contributed by atoms with E-state index >= 15 is 0 Å². The van der Waals surface area contributed by atoms with Crippen LogP contribution < -0.4 is 6.15 Å². The van der Waals surface area contributed by atoms with Crippen LogP contribution in [0.2, 0.25) is 0 Å². The third-order valence-electron chi connectivity index (χ3n) is 0. The van der Waals surface area contributed by atoms with Crippen molar-refractivity contribution in [1.29, 1.82) is 0 Å². The molecule has 0 saturated heterocycles. The van der Waals surface area contributed by atoms with Crippen molar-refractivity contribution in [1.82, 2.24) is 6.15 Å². The SMILES string of the molecule is Cl.Cl.Cl.Cl.Cl.Cl.Cl.Cl.Cl.Cl.N. The Labute approximate surface area is 129 Å². The summed E-state index contributed by atoms with van der Waals surface area (Å²) in [5, 5.41) is 0. The molecule has 0 aromatic rings. The van der Waals surface area contributed by atoms with Gasteiger partial charge in [0.05, 0.1) is 0 Å². The van der Waals surface area contributed by atoms with Gasteiger partial charge < -0.3 is 6.15 Å². The van der Waals surface area contributed by atoms with Crippen LogP contribution in [-0.2, 0) is 0 Å². The molecule has 0 aromatic carbocycles. The standard InChI is InChI=1S/10ClH.H3N/h10*1H;1H3. The lowest BCUT2D eigenvalue weighted by atomic mass is 14.0. The summed E-state index contributed by atoms with van der Waals surface area (Å²) in [6.45, 7) is 0. The van der Waals surface area contributed by atoms with Gasteiger partial charge in [-0.05, 0) is 0 Å². The van der Waals surface area contributed by atoms with E-state index in [1.165, 1.54) is 0 Å². The quantitative estimate of drug-likeness (QED) is 0.664. The fraction of sp³-hybridized carbons (Fsp3) is 0. The fourth-order valence-electron chi connectivity index (χ4n) is 0. The second kappa shape index (κ2) is 221. The minimum atomic E-state index is 0. The van der Waals surface area contributed by atoms with E-state index in [-0.39, 0.29) is 130 Å². The van der Waals surface area contributed by atoms with Crippen molar-refractivity contribution in [3.8, 4) is 0 Å². The molecule has 0 aliphatic carbocycles. The Morgan fingerprint density at radius 1 is 0.182 bits per heavy atom. The molecule has 0 fully saturated rings. The molecular formula is H13Cl10N. The Morgan fingerprint density at radius 2 is 0.182 bits per heavy atom. The minimum Gasteiger partial charge on any atom is -0.344 e. The van der Waals surface area contributed by atoms with Crippen LogP contribution >= 0.6 is 124 Å². The van der Waals surface area contributed by atoms with E-state index in [0.717, 1.165) is 0 Å². The van der Waals surface area contributed by atoms with Crippen molar-refractivity contribution >= 4 is 124 Å². The number of hydrogen-bond acceptors (Lipinski definition) is 1. The summed E-state index contributed by atoms with van der Waals surface area (Å²) in [4.78, 5) is 0. The van der Waals surface area contributed by atoms with Gasteiger partial charge in [0.15, 0.2) is 0 Å². The van der Waals surface area contributed by atoms with Crippen LogP contribution in [0.15, 0.2) is 0 Å². The van der Waals surface area contributed by atoms with Crippen LogP contribution in [0.3, 0.4) is 0 Å². The second-order valence-electron chi connectivity index (χ2n) is 0. The van der Waals surface area contributed by atoms with Crippen LogP contribution in [0.25, 0.3) is 0 Å². The van der Waals surface area contributed by atoms with Crippen molar-refractivity contribution in [3.05, 3.63) is 0 Å². The monoisotopic (exact) mass is 377 g/mol. The summed E-state index contributed by atoms with van der Waals surface area (Å²) in [6, 6.07) is 0. The molecule has 0 amide bonds. The van der Waals surface area contributed by atoms with Crippen LogP contribution in [0.1, 0.15) is 0 Å². The summed E-state index contributed by atoms with van der Waals surface area (Å²) in [7, 11) is 0.